The number of amides is 1. The van der Waals surface area contributed by atoms with Crippen molar-refractivity contribution in [3.63, 3.8) is 0 Å². The fourth-order valence-corrected chi connectivity index (χ4v) is 5.80. The van der Waals surface area contributed by atoms with E-state index in [0.29, 0.717) is 23.2 Å². The molecule has 1 aliphatic heterocycles. The lowest BCUT2D eigenvalue weighted by Gasteiger charge is -2.28. The molecule has 8 heteroatoms. The molecule has 3 aliphatic rings. The predicted octanol–water partition coefficient (Wildman–Crippen LogP) is 4.80. The predicted molar refractivity (Wildman–Crippen MR) is 133 cm³/mol. The third-order valence-corrected chi connectivity index (χ3v) is 7.95. The SMILES string of the molecule is O=C(N[C@@H]1Cc2cc(Cl)ccc2-n2c(nnc2C2CCC(Oc3ccccn3)CC2)C1)C1CCC1. The van der Waals surface area contributed by atoms with Crippen LogP contribution in [-0.2, 0) is 17.6 Å². The smallest absolute Gasteiger partial charge is 0.223 e. The number of nitrogens with one attached hydrogen (secondary N) is 1. The van der Waals surface area contributed by atoms with E-state index in [1.807, 2.05) is 30.3 Å². The molecule has 6 rings (SSSR count). The summed E-state index contributed by atoms with van der Waals surface area (Å²) in [6, 6.07) is 11.8. The second-order valence-corrected chi connectivity index (χ2v) is 10.5. The number of fused-ring (bicyclic) bond motifs is 3. The number of hydrogen-bond donors (Lipinski definition) is 1. The Morgan fingerprint density at radius 3 is 2.63 bits per heavy atom. The van der Waals surface area contributed by atoms with Crippen molar-refractivity contribution in [2.24, 2.45) is 5.92 Å². The molecule has 0 spiro atoms. The number of carbonyl (C=O) groups is 1. The molecule has 3 heterocycles. The lowest BCUT2D eigenvalue weighted by Crippen LogP contribution is -2.43. The van der Waals surface area contributed by atoms with Crippen LogP contribution in [0.3, 0.4) is 0 Å². The first-order chi connectivity index (χ1) is 17.1. The highest BCUT2D eigenvalue weighted by Gasteiger charge is 2.33. The average Bonchev–Trinajstić information content (AvgIpc) is 3.16. The van der Waals surface area contributed by atoms with Crippen LogP contribution in [0.25, 0.3) is 5.69 Å². The van der Waals surface area contributed by atoms with Crippen LogP contribution in [0.15, 0.2) is 42.6 Å². The number of carbonyl (C=O) groups excluding carboxylic acids is 1. The third kappa shape index (κ3) is 4.66. The maximum Gasteiger partial charge on any atom is 0.223 e. The van der Waals surface area contributed by atoms with Crippen LogP contribution >= 0.6 is 11.6 Å². The monoisotopic (exact) mass is 491 g/mol. The van der Waals surface area contributed by atoms with E-state index >= 15 is 0 Å². The van der Waals surface area contributed by atoms with Gasteiger partial charge in [-0.2, -0.15) is 0 Å². The zero-order valence-corrected chi connectivity index (χ0v) is 20.5. The molecule has 7 nitrogen and oxygen atoms in total. The van der Waals surface area contributed by atoms with Crippen molar-refractivity contribution in [3.8, 4) is 11.6 Å². The van der Waals surface area contributed by atoms with E-state index in [-0.39, 0.29) is 24.0 Å². The largest absolute Gasteiger partial charge is 0.474 e. The molecule has 1 N–H and O–H groups in total. The molecule has 0 bridgehead atoms. The van der Waals surface area contributed by atoms with Gasteiger partial charge in [-0.25, -0.2) is 4.98 Å². The molecular weight excluding hydrogens is 462 g/mol. The number of benzene rings is 1. The summed E-state index contributed by atoms with van der Waals surface area (Å²) in [6.45, 7) is 0. The molecular formula is C27H30ClN5O2. The molecule has 182 valence electrons. The van der Waals surface area contributed by atoms with Crippen LogP contribution in [0.5, 0.6) is 5.88 Å². The molecule has 3 aromatic rings. The first-order valence-corrected chi connectivity index (χ1v) is 13.1. The van der Waals surface area contributed by atoms with E-state index in [1.54, 1.807) is 6.20 Å². The van der Waals surface area contributed by atoms with Crippen LogP contribution in [-0.4, -0.2) is 37.8 Å². The Morgan fingerprint density at radius 1 is 1.03 bits per heavy atom. The van der Waals surface area contributed by atoms with Crippen LogP contribution in [0, 0.1) is 5.92 Å². The molecule has 2 aliphatic carbocycles. The van der Waals surface area contributed by atoms with Gasteiger partial charge in [0.15, 0.2) is 0 Å². The normalized spacial score (nSPS) is 24.0. The molecule has 0 unspecified atom stereocenters. The van der Waals surface area contributed by atoms with Crippen molar-refractivity contribution >= 4 is 17.5 Å². The van der Waals surface area contributed by atoms with Gasteiger partial charge in [0.2, 0.25) is 11.8 Å². The van der Waals surface area contributed by atoms with Crippen molar-refractivity contribution in [3.05, 3.63) is 64.8 Å². The maximum absolute atomic E-state index is 12.7. The molecule has 0 radical (unpaired) electrons. The summed E-state index contributed by atoms with van der Waals surface area (Å²) >= 11 is 6.39. The minimum absolute atomic E-state index is 0.0128. The molecule has 1 atom stereocenters. The highest BCUT2D eigenvalue weighted by atomic mass is 35.5. The summed E-state index contributed by atoms with van der Waals surface area (Å²) in [5, 5.41) is 13.3. The maximum atomic E-state index is 12.7. The van der Waals surface area contributed by atoms with Gasteiger partial charge in [-0.15, -0.1) is 10.2 Å². The van der Waals surface area contributed by atoms with Gasteiger partial charge in [-0.05, 0) is 74.8 Å². The Kier molecular flexibility index (Phi) is 6.19. The topological polar surface area (TPSA) is 81.9 Å². The van der Waals surface area contributed by atoms with E-state index < -0.39 is 0 Å². The Balaban J connectivity index is 1.23. The molecule has 35 heavy (non-hydrogen) atoms. The summed E-state index contributed by atoms with van der Waals surface area (Å²) in [7, 11) is 0. The summed E-state index contributed by atoms with van der Waals surface area (Å²) in [4.78, 5) is 17.0. The van der Waals surface area contributed by atoms with E-state index in [4.69, 9.17) is 16.3 Å². The highest BCUT2D eigenvalue weighted by Crippen LogP contribution is 2.37. The summed E-state index contributed by atoms with van der Waals surface area (Å²) in [5.74, 6) is 3.24. The van der Waals surface area contributed by atoms with Gasteiger partial charge in [0.25, 0.3) is 0 Å². The van der Waals surface area contributed by atoms with Gasteiger partial charge in [-0.1, -0.05) is 24.1 Å². The number of nitrogens with zero attached hydrogens (tertiary/aromatic N) is 4. The number of ether oxygens (including phenoxy) is 1. The third-order valence-electron chi connectivity index (χ3n) is 7.72. The fraction of sp³-hybridized carbons (Fsp3) is 0.481. The number of aromatic nitrogens is 4. The number of pyridine rings is 1. The minimum Gasteiger partial charge on any atom is -0.474 e. The number of rotatable bonds is 5. The zero-order valence-electron chi connectivity index (χ0n) is 19.7. The van der Waals surface area contributed by atoms with E-state index in [2.05, 4.69) is 31.1 Å². The number of halogens is 1. The van der Waals surface area contributed by atoms with Gasteiger partial charge in [0, 0.05) is 41.6 Å². The van der Waals surface area contributed by atoms with Crippen LogP contribution in [0.2, 0.25) is 5.02 Å². The summed E-state index contributed by atoms with van der Waals surface area (Å²) < 4.78 is 8.33. The molecule has 0 saturated heterocycles. The van der Waals surface area contributed by atoms with E-state index in [9.17, 15) is 4.79 Å². The second kappa shape index (κ2) is 9.61. The minimum atomic E-state index is -0.0128. The van der Waals surface area contributed by atoms with Gasteiger partial charge < -0.3 is 10.1 Å². The van der Waals surface area contributed by atoms with Gasteiger partial charge >= 0.3 is 0 Å². The van der Waals surface area contributed by atoms with Crippen molar-refractivity contribution < 1.29 is 9.53 Å². The Hall–Kier alpha value is -2.93. The molecule has 1 amide bonds. The zero-order chi connectivity index (χ0) is 23.8. The number of hydrogen-bond acceptors (Lipinski definition) is 5. The average molecular weight is 492 g/mol. The Bertz CT molecular complexity index is 1200. The molecule has 2 fully saturated rings. The van der Waals surface area contributed by atoms with Gasteiger partial charge in [-0.3, -0.25) is 9.36 Å². The fourth-order valence-electron chi connectivity index (χ4n) is 5.60. The van der Waals surface area contributed by atoms with Gasteiger partial charge in [0.05, 0.1) is 5.69 Å². The first kappa shape index (κ1) is 22.5. The lowest BCUT2D eigenvalue weighted by atomic mass is 9.84. The second-order valence-electron chi connectivity index (χ2n) is 10.1. The summed E-state index contributed by atoms with van der Waals surface area (Å²) in [6.07, 6.45) is 10.4. The van der Waals surface area contributed by atoms with Crippen LogP contribution in [0.4, 0.5) is 0 Å². The highest BCUT2D eigenvalue weighted by molar-refractivity contribution is 6.30. The van der Waals surface area contributed by atoms with Crippen molar-refractivity contribution in [2.45, 2.75) is 75.9 Å². The standard InChI is InChI=1S/C27H30ClN5O2/c28-20-9-12-23-19(14-20)15-21(30-27(34)18-4-3-5-18)16-24-31-32-26(33(23)24)17-7-10-22(11-8-17)35-25-6-1-2-13-29-25/h1-2,6,9,12-14,17-18,21-22H,3-5,7-8,10-11,15-16H2,(H,30,34)/t17?,21-,22?/m1/s1. The Morgan fingerprint density at radius 2 is 1.89 bits per heavy atom. The van der Waals surface area contributed by atoms with Crippen LogP contribution in [0.1, 0.15) is 68.1 Å². The molecule has 1 aromatic carbocycles. The van der Waals surface area contributed by atoms with Crippen molar-refractivity contribution in [1.82, 2.24) is 25.1 Å². The quantitative estimate of drug-likeness (QED) is 0.554. The molecule has 2 saturated carbocycles. The van der Waals surface area contributed by atoms with Crippen LogP contribution < -0.4 is 10.1 Å². The lowest BCUT2D eigenvalue weighted by molar-refractivity contribution is -0.128. The van der Waals surface area contributed by atoms with Crippen molar-refractivity contribution in [2.75, 3.05) is 0 Å². The Labute approximate surface area is 210 Å². The first-order valence-electron chi connectivity index (χ1n) is 12.7. The van der Waals surface area contributed by atoms with Crippen molar-refractivity contribution in [1.29, 1.82) is 0 Å². The van der Waals surface area contributed by atoms with Gasteiger partial charge in [0.1, 0.15) is 17.8 Å². The van der Waals surface area contributed by atoms with E-state index in [0.717, 1.165) is 74.3 Å². The summed E-state index contributed by atoms with van der Waals surface area (Å²) in [5.41, 5.74) is 2.21. The molecule has 2 aromatic heterocycles. The van der Waals surface area contributed by atoms with E-state index in [1.165, 1.54) is 0 Å².